The lowest BCUT2D eigenvalue weighted by atomic mass is 10.0. The normalized spacial score (nSPS) is 14.1. The van der Waals surface area contributed by atoms with Gasteiger partial charge < -0.3 is 37.6 Å². The Kier molecular flexibility index (Phi) is 13.0. The summed E-state index contributed by atoms with van der Waals surface area (Å²) in [7, 11) is 0. The van der Waals surface area contributed by atoms with Crippen molar-refractivity contribution in [1.29, 1.82) is 0 Å². The molecule has 12 nitrogen and oxygen atoms in total. The molecule has 0 aliphatic heterocycles. The van der Waals surface area contributed by atoms with E-state index in [-0.39, 0.29) is 25.7 Å². The summed E-state index contributed by atoms with van der Waals surface area (Å²) in [4.78, 5) is 60.3. The Morgan fingerprint density at radius 2 is 1.46 bits per heavy atom. The van der Waals surface area contributed by atoms with Crippen LogP contribution in [0, 0.1) is 0 Å². The summed E-state index contributed by atoms with van der Waals surface area (Å²) < 4.78 is 0. The molecule has 0 bridgehead atoms. The maximum absolute atomic E-state index is 13.2. The van der Waals surface area contributed by atoms with E-state index in [9.17, 15) is 24.0 Å². The highest BCUT2D eigenvalue weighted by Gasteiger charge is 2.29. The first kappa shape index (κ1) is 29.5. The number of unbranched alkanes of at least 4 members (excludes halogenated alkanes) is 1. The minimum atomic E-state index is -1.23. The fourth-order valence-electron chi connectivity index (χ4n) is 3.16. The number of nitrogens with one attached hydrogen (secondary N) is 3. The fourth-order valence-corrected chi connectivity index (χ4v) is 3.16. The maximum atomic E-state index is 13.2. The molecule has 0 radical (unpaired) electrons. The van der Waals surface area contributed by atoms with Crippen LogP contribution in [-0.4, -0.2) is 70.6 Å². The van der Waals surface area contributed by atoms with Crippen molar-refractivity contribution in [3.05, 3.63) is 35.9 Å². The molecular formula is C23H35N5O7. The average Bonchev–Trinajstić information content (AvgIpc) is 2.81. The van der Waals surface area contributed by atoms with E-state index in [0.29, 0.717) is 19.4 Å². The number of aliphatic carboxylic acids is 2. The van der Waals surface area contributed by atoms with Crippen molar-refractivity contribution in [3.8, 4) is 0 Å². The molecule has 194 valence electrons. The number of hydrogen-bond acceptors (Lipinski definition) is 7. The minimum absolute atomic E-state index is 0.0900. The summed E-state index contributed by atoms with van der Waals surface area (Å²) in [6, 6.07) is 4.38. The summed E-state index contributed by atoms with van der Waals surface area (Å²) in [6.07, 6.45) is 0.980. The molecule has 0 aliphatic carbocycles. The Labute approximate surface area is 203 Å². The van der Waals surface area contributed by atoms with Gasteiger partial charge in [-0.2, -0.15) is 0 Å². The average molecular weight is 494 g/mol. The second kappa shape index (κ2) is 15.4. The molecule has 4 unspecified atom stereocenters. The Bertz CT molecular complexity index is 865. The fraction of sp³-hybridized carbons (Fsp3) is 0.522. The number of carbonyl (C=O) groups excluding carboxylic acids is 3. The highest BCUT2D eigenvalue weighted by atomic mass is 16.4. The van der Waals surface area contributed by atoms with Crippen molar-refractivity contribution >= 4 is 29.7 Å². The second-order valence-electron chi connectivity index (χ2n) is 8.20. The molecule has 3 amide bonds. The van der Waals surface area contributed by atoms with Crippen molar-refractivity contribution in [3.63, 3.8) is 0 Å². The molecule has 1 aromatic carbocycles. The number of nitrogens with two attached hydrogens (primary N) is 2. The molecule has 0 saturated heterocycles. The van der Waals surface area contributed by atoms with Crippen LogP contribution in [0.5, 0.6) is 0 Å². The number of hydrogen-bond donors (Lipinski definition) is 7. The van der Waals surface area contributed by atoms with Crippen LogP contribution < -0.4 is 27.4 Å². The van der Waals surface area contributed by atoms with Crippen LogP contribution in [0.2, 0.25) is 0 Å². The highest BCUT2D eigenvalue weighted by Crippen LogP contribution is 2.07. The van der Waals surface area contributed by atoms with Gasteiger partial charge in [0, 0.05) is 12.8 Å². The Morgan fingerprint density at radius 3 is 2.03 bits per heavy atom. The first-order valence-electron chi connectivity index (χ1n) is 11.4. The van der Waals surface area contributed by atoms with Crippen molar-refractivity contribution < 1.29 is 34.2 Å². The lowest BCUT2D eigenvalue weighted by molar-refractivity contribution is -0.142. The van der Waals surface area contributed by atoms with Gasteiger partial charge in [-0.3, -0.25) is 24.0 Å². The molecular weight excluding hydrogens is 458 g/mol. The quantitative estimate of drug-likeness (QED) is 0.142. The smallest absolute Gasteiger partial charge is 0.325 e. The van der Waals surface area contributed by atoms with Gasteiger partial charge in [-0.1, -0.05) is 30.3 Å². The van der Waals surface area contributed by atoms with Crippen molar-refractivity contribution in [2.24, 2.45) is 11.5 Å². The SMILES string of the molecule is CC(NC(=O)C(CCCCN)NC(=O)C(Cc1ccccc1)NC(=O)C(N)CCC(=O)O)C(=O)O. The van der Waals surface area contributed by atoms with E-state index in [1.54, 1.807) is 30.3 Å². The van der Waals surface area contributed by atoms with Crippen LogP contribution in [0.3, 0.4) is 0 Å². The van der Waals surface area contributed by atoms with Crippen LogP contribution in [0.15, 0.2) is 30.3 Å². The zero-order valence-corrected chi connectivity index (χ0v) is 19.7. The molecule has 0 aromatic heterocycles. The molecule has 12 heteroatoms. The lowest BCUT2D eigenvalue weighted by Crippen LogP contribution is -2.57. The molecule has 0 spiro atoms. The van der Waals surface area contributed by atoms with Crippen LogP contribution >= 0.6 is 0 Å². The van der Waals surface area contributed by atoms with E-state index in [1.807, 2.05) is 0 Å². The first-order chi connectivity index (χ1) is 16.5. The van der Waals surface area contributed by atoms with Gasteiger partial charge in [-0.25, -0.2) is 0 Å². The van der Waals surface area contributed by atoms with Gasteiger partial charge in [0.2, 0.25) is 17.7 Å². The van der Waals surface area contributed by atoms with Gasteiger partial charge in [-0.05, 0) is 44.7 Å². The van der Waals surface area contributed by atoms with Gasteiger partial charge >= 0.3 is 11.9 Å². The number of amides is 3. The first-order valence-corrected chi connectivity index (χ1v) is 11.4. The molecule has 0 saturated carbocycles. The summed E-state index contributed by atoms with van der Waals surface area (Å²) in [5, 5.41) is 25.4. The maximum Gasteiger partial charge on any atom is 0.325 e. The third kappa shape index (κ3) is 11.5. The summed E-state index contributed by atoms with van der Waals surface area (Å²) >= 11 is 0. The zero-order valence-electron chi connectivity index (χ0n) is 19.7. The van der Waals surface area contributed by atoms with Gasteiger partial charge in [0.15, 0.2) is 0 Å². The molecule has 1 aromatic rings. The zero-order chi connectivity index (χ0) is 26.4. The van der Waals surface area contributed by atoms with Crippen molar-refractivity contribution in [2.45, 2.75) is 69.6 Å². The topological polar surface area (TPSA) is 214 Å². The third-order valence-electron chi connectivity index (χ3n) is 5.23. The molecule has 1 rings (SSSR count). The van der Waals surface area contributed by atoms with E-state index in [2.05, 4.69) is 16.0 Å². The summed E-state index contributed by atoms with van der Waals surface area (Å²) in [6.45, 7) is 1.69. The van der Waals surface area contributed by atoms with Crippen molar-refractivity contribution in [1.82, 2.24) is 16.0 Å². The van der Waals surface area contributed by atoms with E-state index in [4.69, 9.17) is 21.7 Å². The number of rotatable bonds is 16. The van der Waals surface area contributed by atoms with Crippen LogP contribution in [-0.2, 0) is 30.4 Å². The molecule has 0 heterocycles. The van der Waals surface area contributed by atoms with E-state index in [1.165, 1.54) is 6.92 Å². The summed E-state index contributed by atoms with van der Waals surface area (Å²) in [5.41, 5.74) is 12.0. The Balaban J connectivity index is 3.02. The monoisotopic (exact) mass is 493 g/mol. The second-order valence-corrected chi connectivity index (χ2v) is 8.20. The van der Waals surface area contributed by atoms with Gasteiger partial charge in [-0.15, -0.1) is 0 Å². The largest absolute Gasteiger partial charge is 0.481 e. The molecule has 0 fully saturated rings. The number of benzene rings is 1. The standard InChI is InChI=1S/C23H35N5O7/c1-14(23(34)35)26-21(32)17(9-5-6-12-24)27-22(33)18(13-15-7-3-2-4-8-15)28-20(31)16(25)10-11-19(29)30/h2-4,7-8,14,16-18H,5-6,9-13,24-25H2,1H3,(H,26,32)(H,27,33)(H,28,31)(H,29,30)(H,34,35). The molecule has 9 N–H and O–H groups in total. The van der Waals surface area contributed by atoms with Crippen molar-refractivity contribution in [2.75, 3.05) is 6.54 Å². The van der Waals surface area contributed by atoms with Gasteiger partial charge in [0.25, 0.3) is 0 Å². The van der Waals surface area contributed by atoms with E-state index < -0.39 is 53.8 Å². The van der Waals surface area contributed by atoms with Crippen LogP contribution in [0.4, 0.5) is 0 Å². The molecule has 0 aliphatic rings. The lowest BCUT2D eigenvalue weighted by Gasteiger charge is -2.25. The third-order valence-corrected chi connectivity index (χ3v) is 5.23. The Hall–Kier alpha value is -3.51. The minimum Gasteiger partial charge on any atom is -0.481 e. The van der Waals surface area contributed by atoms with Crippen LogP contribution in [0.25, 0.3) is 0 Å². The van der Waals surface area contributed by atoms with E-state index >= 15 is 0 Å². The summed E-state index contributed by atoms with van der Waals surface area (Å²) in [5.74, 6) is -4.37. The number of carbonyl (C=O) groups is 5. The van der Waals surface area contributed by atoms with E-state index in [0.717, 1.165) is 5.56 Å². The predicted octanol–water partition coefficient (Wildman–Crippen LogP) is -0.891. The highest BCUT2D eigenvalue weighted by molar-refractivity contribution is 5.94. The number of carboxylic acid groups (broad SMARTS) is 2. The number of carboxylic acids is 2. The molecule has 4 atom stereocenters. The Morgan fingerprint density at radius 1 is 0.857 bits per heavy atom. The van der Waals surface area contributed by atoms with Crippen LogP contribution in [0.1, 0.15) is 44.6 Å². The predicted molar refractivity (Wildman–Crippen MR) is 127 cm³/mol. The van der Waals surface area contributed by atoms with Gasteiger partial charge in [0.05, 0.1) is 6.04 Å². The molecule has 35 heavy (non-hydrogen) atoms. The van der Waals surface area contributed by atoms with Gasteiger partial charge in [0.1, 0.15) is 18.1 Å².